The Morgan fingerprint density at radius 3 is 2.44 bits per heavy atom. The summed E-state index contributed by atoms with van der Waals surface area (Å²) >= 11 is 0. The molecule has 94 valence electrons. The maximum atomic E-state index is 6.01. The Bertz CT molecular complexity index is 507. The van der Waals surface area contributed by atoms with Crippen molar-refractivity contribution in [2.75, 3.05) is 0 Å². The molecule has 0 saturated carbocycles. The Hall–Kier alpha value is -1.64. The highest BCUT2D eigenvalue weighted by Crippen LogP contribution is 2.28. The van der Waals surface area contributed by atoms with Crippen molar-refractivity contribution < 1.29 is 0 Å². The van der Waals surface area contributed by atoms with Gasteiger partial charge in [0, 0.05) is 5.92 Å². The van der Waals surface area contributed by atoms with E-state index in [1.165, 1.54) is 16.7 Å². The third-order valence-electron chi connectivity index (χ3n) is 3.66. The summed E-state index contributed by atoms with van der Waals surface area (Å²) in [5.41, 5.74) is 14.9. The van der Waals surface area contributed by atoms with Gasteiger partial charge in [-0.15, -0.1) is 0 Å². The van der Waals surface area contributed by atoms with Crippen LogP contribution in [0.4, 0.5) is 0 Å². The zero-order valence-corrected chi connectivity index (χ0v) is 10.9. The summed E-state index contributed by atoms with van der Waals surface area (Å²) in [7, 11) is 0. The molecule has 0 aliphatic heterocycles. The monoisotopic (exact) mass is 240 g/mol. The lowest BCUT2D eigenvalue weighted by atomic mass is 9.81. The van der Waals surface area contributed by atoms with Crippen LogP contribution in [-0.2, 0) is 0 Å². The van der Waals surface area contributed by atoms with Gasteiger partial charge in [-0.3, -0.25) is 0 Å². The van der Waals surface area contributed by atoms with Crippen LogP contribution in [-0.4, -0.2) is 5.66 Å². The lowest BCUT2D eigenvalue weighted by Gasteiger charge is -2.33. The summed E-state index contributed by atoms with van der Waals surface area (Å²) in [6.07, 6.45) is 8.12. The van der Waals surface area contributed by atoms with Crippen molar-refractivity contribution in [3.05, 3.63) is 65.3 Å². The fraction of sp³-hybridized carbons (Fsp3) is 0.250. The first-order valence-electron chi connectivity index (χ1n) is 6.21. The summed E-state index contributed by atoms with van der Waals surface area (Å²) in [6, 6.07) is 10.2. The Morgan fingerprint density at radius 2 is 1.78 bits per heavy atom. The summed E-state index contributed by atoms with van der Waals surface area (Å²) < 4.78 is 0. The summed E-state index contributed by atoms with van der Waals surface area (Å²) in [5, 5.41) is 0. The molecule has 1 aromatic rings. The van der Waals surface area contributed by atoms with Crippen molar-refractivity contribution in [1.29, 1.82) is 0 Å². The van der Waals surface area contributed by atoms with Crippen LogP contribution in [0.25, 0.3) is 6.08 Å². The second-order valence-corrected chi connectivity index (χ2v) is 4.94. The highest BCUT2D eigenvalue weighted by atomic mass is 15.0. The molecule has 0 spiro atoms. The van der Waals surface area contributed by atoms with Gasteiger partial charge in [0.15, 0.2) is 0 Å². The second-order valence-electron chi connectivity index (χ2n) is 4.94. The van der Waals surface area contributed by atoms with Gasteiger partial charge in [0.05, 0.1) is 5.66 Å². The van der Waals surface area contributed by atoms with Crippen molar-refractivity contribution in [2.45, 2.75) is 19.5 Å². The van der Waals surface area contributed by atoms with E-state index in [1.54, 1.807) is 0 Å². The molecule has 0 fully saturated rings. The summed E-state index contributed by atoms with van der Waals surface area (Å²) in [6.45, 7) is 4.16. The van der Waals surface area contributed by atoms with Crippen molar-refractivity contribution in [2.24, 2.45) is 17.4 Å². The van der Waals surface area contributed by atoms with Gasteiger partial charge in [-0.1, -0.05) is 61.1 Å². The molecule has 1 unspecified atom stereocenters. The van der Waals surface area contributed by atoms with Crippen LogP contribution in [0.1, 0.15) is 19.4 Å². The van der Waals surface area contributed by atoms with E-state index in [2.05, 4.69) is 38.1 Å². The fourth-order valence-electron chi connectivity index (χ4n) is 2.07. The third kappa shape index (κ3) is 2.61. The van der Waals surface area contributed by atoms with Gasteiger partial charge in [-0.2, -0.15) is 0 Å². The van der Waals surface area contributed by atoms with Gasteiger partial charge < -0.3 is 11.5 Å². The maximum Gasteiger partial charge on any atom is 0.0896 e. The Labute approximate surface area is 109 Å². The lowest BCUT2D eigenvalue weighted by Crippen LogP contribution is -2.54. The quantitative estimate of drug-likeness (QED) is 0.781. The first kappa shape index (κ1) is 12.8. The van der Waals surface area contributed by atoms with E-state index < -0.39 is 5.66 Å². The van der Waals surface area contributed by atoms with Crippen LogP contribution >= 0.6 is 0 Å². The number of allylic oxidation sites excluding steroid dienone is 3. The molecule has 2 rings (SSSR count). The molecule has 0 bridgehead atoms. The molecule has 1 atom stereocenters. The van der Waals surface area contributed by atoms with E-state index in [0.29, 0.717) is 0 Å². The van der Waals surface area contributed by atoms with Gasteiger partial charge >= 0.3 is 0 Å². The molecule has 0 heterocycles. The maximum absolute atomic E-state index is 6.01. The van der Waals surface area contributed by atoms with Crippen LogP contribution in [0, 0.1) is 5.92 Å². The van der Waals surface area contributed by atoms with Crippen molar-refractivity contribution in [1.82, 2.24) is 0 Å². The third-order valence-corrected chi connectivity index (χ3v) is 3.66. The number of hydrogen-bond acceptors (Lipinski definition) is 2. The Morgan fingerprint density at radius 1 is 1.11 bits per heavy atom. The topological polar surface area (TPSA) is 52.0 Å². The second kappa shape index (κ2) is 4.92. The molecule has 1 aliphatic rings. The minimum Gasteiger partial charge on any atom is -0.310 e. The van der Waals surface area contributed by atoms with Gasteiger partial charge in [0.2, 0.25) is 0 Å². The average molecular weight is 240 g/mol. The van der Waals surface area contributed by atoms with Crippen LogP contribution < -0.4 is 11.5 Å². The first-order valence-corrected chi connectivity index (χ1v) is 6.21. The molecular weight excluding hydrogens is 220 g/mol. The highest BCUT2D eigenvalue weighted by molar-refractivity contribution is 5.56. The number of rotatable bonds is 2. The summed E-state index contributed by atoms with van der Waals surface area (Å²) in [4.78, 5) is 0. The number of nitrogens with two attached hydrogens (primary N) is 2. The predicted octanol–water partition coefficient (Wildman–Crippen LogP) is 2.84. The van der Waals surface area contributed by atoms with Crippen LogP contribution in [0.15, 0.2) is 59.7 Å². The smallest absolute Gasteiger partial charge is 0.0896 e. The van der Waals surface area contributed by atoms with Gasteiger partial charge in [0.25, 0.3) is 0 Å². The predicted molar refractivity (Wildman–Crippen MR) is 77.6 cm³/mol. The zero-order chi connectivity index (χ0) is 13.2. The zero-order valence-electron chi connectivity index (χ0n) is 10.9. The largest absolute Gasteiger partial charge is 0.310 e. The Balaban J connectivity index is 2.23. The van der Waals surface area contributed by atoms with E-state index >= 15 is 0 Å². The minimum absolute atomic E-state index is 0.151. The van der Waals surface area contributed by atoms with E-state index in [-0.39, 0.29) is 5.92 Å². The van der Waals surface area contributed by atoms with Gasteiger partial charge in [-0.25, -0.2) is 0 Å². The van der Waals surface area contributed by atoms with Crippen LogP contribution in [0.3, 0.4) is 0 Å². The van der Waals surface area contributed by atoms with Crippen molar-refractivity contribution in [3.63, 3.8) is 0 Å². The van der Waals surface area contributed by atoms with Crippen LogP contribution in [0.2, 0.25) is 0 Å². The molecule has 1 aliphatic carbocycles. The van der Waals surface area contributed by atoms with Crippen molar-refractivity contribution in [3.8, 4) is 0 Å². The minimum atomic E-state index is -0.728. The van der Waals surface area contributed by atoms with E-state index in [4.69, 9.17) is 11.5 Å². The molecule has 4 N–H and O–H groups in total. The van der Waals surface area contributed by atoms with Gasteiger partial charge in [0.1, 0.15) is 0 Å². The summed E-state index contributed by atoms with van der Waals surface area (Å²) in [5.74, 6) is 0.151. The molecule has 0 aromatic heterocycles. The lowest BCUT2D eigenvalue weighted by molar-refractivity contribution is 0.411. The van der Waals surface area contributed by atoms with Crippen molar-refractivity contribution >= 4 is 6.08 Å². The molecule has 2 nitrogen and oxygen atoms in total. The van der Waals surface area contributed by atoms with Gasteiger partial charge in [-0.05, 0) is 24.1 Å². The number of hydrogen-bond donors (Lipinski definition) is 2. The molecule has 2 heteroatoms. The SMILES string of the molecule is CC1=C(C=Cc2ccccc2)C=CC(N)(N)C1C. The van der Waals surface area contributed by atoms with E-state index in [9.17, 15) is 0 Å². The van der Waals surface area contributed by atoms with E-state index in [1.807, 2.05) is 30.4 Å². The molecule has 0 radical (unpaired) electrons. The Kier molecular flexibility index (Phi) is 3.50. The molecule has 18 heavy (non-hydrogen) atoms. The van der Waals surface area contributed by atoms with E-state index in [0.717, 1.165) is 0 Å². The normalized spacial score (nSPS) is 22.8. The fourth-order valence-corrected chi connectivity index (χ4v) is 2.07. The average Bonchev–Trinajstić information content (AvgIpc) is 2.37. The number of benzene rings is 1. The molecule has 0 amide bonds. The molecule has 0 saturated heterocycles. The highest BCUT2D eigenvalue weighted by Gasteiger charge is 2.29. The first-order chi connectivity index (χ1) is 8.50. The van der Waals surface area contributed by atoms with Crippen LogP contribution in [0.5, 0.6) is 0 Å². The molecule has 1 aromatic carbocycles. The standard InChI is InChI=1S/C16H20N2/c1-12-13(2)16(17,18)11-10-15(12)9-8-14-6-4-3-5-7-14/h3-11,13H,17-18H2,1-2H3. The molecular formula is C16H20N2.